The van der Waals surface area contributed by atoms with E-state index in [0.717, 1.165) is 30.3 Å². The van der Waals surface area contributed by atoms with Crippen molar-refractivity contribution in [2.75, 3.05) is 30.5 Å². The Morgan fingerprint density at radius 1 is 1.62 bits per heavy atom. The van der Waals surface area contributed by atoms with Gasteiger partial charge in [-0.3, -0.25) is 0 Å². The highest BCUT2D eigenvalue weighted by atomic mass is 32.2. The average Bonchev–Trinajstić information content (AvgIpc) is 2.71. The lowest BCUT2D eigenvalue weighted by Gasteiger charge is -2.15. The summed E-state index contributed by atoms with van der Waals surface area (Å²) in [6.07, 6.45) is 5.54. The minimum Gasteiger partial charge on any atom is -0.350 e. The third kappa shape index (κ3) is 2.52. The van der Waals surface area contributed by atoms with Crippen LogP contribution < -0.4 is 10.6 Å². The summed E-state index contributed by atoms with van der Waals surface area (Å²) in [5, 5.41) is 1.14. The molecule has 3 nitrogen and oxygen atoms in total. The van der Waals surface area contributed by atoms with Gasteiger partial charge >= 0.3 is 0 Å². The molecule has 1 aliphatic carbocycles. The Balaban J connectivity index is 2.11. The molecule has 1 atom stereocenters. The number of anilines is 1. The number of thiazole rings is 1. The van der Waals surface area contributed by atoms with E-state index in [-0.39, 0.29) is 6.04 Å². The summed E-state index contributed by atoms with van der Waals surface area (Å²) in [7, 11) is 2.12. The summed E-state index contributed by atoms with van der Waals surface area (Å²) in [5.41, 5.74) is 7.35. The van der Waals surface area contributed by atoms with Crippen LogP contribution in [-0.4, -0.2) is 30.6 Å². The fourth-order valence-corrected chi connectivity index (χ4v) is 3.52. The van der Waals surface area contributed by atoms with Gasteiger partial charge in [-0.15, -0.1) is 11.3 Å². The van der Waals surface area contributed by atoms with Crippen molar-refractivity contribution in [3.05, 3.63) is 10.6 Å². The molecule has 5 heteroatoms. The molecule has 1 aromatic heterocycles. The van der Waals surface area contributed by atoms with Gasteiger partial charge < -0.3 is 10.6 Å². The van der Waals surface area contributed by atoms with Crippen LogP contribution in [0.1, 0.15) is 29.5 Å². The van der Waals surface area contributed by atoms with Gasteiger partial charge in [0.05, 0.1) is 5.69 Å². The second-order valence-corrected chi connectivity index (χ2v) is 6.22. The molecule has 0 aromatic carbocycles. The number of aromatic nitrogens is 1. The van der Waals surface area contributed by atoms with E-state index in [1.54, 1.807) is 11.3 Å². The SMILES string of the molecule is CSCCN(C)c1nc2c(s1)C(N)CCC2. The molecule has 0 fully saturated rings. The molecule has 0 radical (unpaired) electrons. The van der Waals surface area contributed by atoms with Crippen molar-refractivity contribution in [3.8, 4) is 0 Å². The first-order valence-electron chi connectivity index (χ1n) is 5.67. The monoisotopic (exact) mass is 257 g/mol. The topological polar surface area (TPSA) is 42.2 Å². The number of nitrogens with two attached hydrogens (primary N) is 1. The molecule has 0 aliphatic heterocycles. The predicted octanol–water partition coefficient (Wildman–Crippen LogP) is 2.28. The summed E-state index contributed by atoms with van der Waals surface area (Å²) in [4.78, 5) is 8.27. The van der Waals surface area contributed by atoms with Crippen LogP contribution in [0.5, 0.6) is 0 Å². The highest BCUT2D eigenvalue weighted by Gasteiger charge is 2.22. The van der Waals surface area contributed by atoms with Crippen LogP contribution in [0.4, 0.5) is 5.13 Å². The van der Waals surface area contributed by atoms with E-state index >= 15 is 0 Å². The van der Waals surface area contributed by atoms with Crippen LogP contribution in [-0.2, 0) is 6.42 Å². The lowest BCUT2D eigenvalue weighted by molar-refractivity contribution is 0.573. The van der Waals surface area contributed by atoms with Gasteiger partial charge in [-0.25, -0.2) is 4.98 Å². The summed E-state index contributed by atoms with van der Waals surface area (Å²) in [6.45, 7) is 1.06. The second kappa shape index (κ2) is 5.38. The molecule has 1 aromatic rings. The van der Waals surface area contributed by atoms with Gasteiger partial charge in [-0.2, -0.15) is 11.8 Å². The number of aryl methyl sites for hydroxylation is 1. The van der Waals surface area contributed by atoms with Gasteiger partial charge in [0.15, 0.2) is 5.13 Å². The zero-order valence-corrected chi connectivity index (χ0v) is 11.5. The molecular weight excluding hydrogens is 238 g/mol. The first-order valence-corrected chi connectivity index (χ1v) is 7.88. The van der Waals surface area contributed by atoms with Crippen molar-refractivity contribution in [1.29, 1.82) is 0 Å². The van der Waals surface area contributed by atoms with Gasteiger partial charge in [0.2, 0.25) is 0 Å². The van der Waals surface area contributed by atoms with E-state index in [9.17, 15) is 0 Å². The van der Waals surface area contributed by atoms with Crippen molar-refractivity contribution in [2.45, 2.75) is 25.3 Å². The van der Waals surface area contributed by atoms with Gasteiger partial charge in [0, 0.05) is 30.3 Å². The number of nitrogens with zero attached hydrogens (tertiary/aromatic N) is 2. The predicted molar refractivity (Wildman–Crippen MR) is 73.6 cm³/mol. The zero-order valence-electron chi connectivity index (χ0n) is 9.90. The second-order valence-electron chi connectivity index (χ2n) is 4.22. The first kappa shape index (κ1) is 12.2. The number of hydrogen-bond donors (Lipinski definition) is 1. The number of rotatable bonds is 4. The van der Waals surface area contributed by atoms with Crippen molar-refractivity contribution in [1.82, 2.24) is 4.98 Å². The summed E-state index contributed by atoms with van der Waals surface area (Å²) in [5.74, 6) is 1.15. The molecule has 16 heavy (non-hydrogen) atoms. The lowest BCUT2D eigenvalue weighted by Crippen LogP contribution is -2.19. The van der Waals surface area contributed by atoms with Gasteiger partial charge in [-0.05, 0) is 25.5 Å². The fourth-order valence-electron chi connectivity index (χ4n) is 1.93. The molecule has 2 rings (SSSR count). The number of thioether (sulfide) groups is 1. The smallest absolute Gasteiger partial charge is 0.185 e. The highest BCUT2D eigenvalue weighted by molar-refractivity contribution is 7.98. The fraction of sp³-hybridized carbons (Fsp3) is 0.727. The summed E-state index contributed by atoms with van der Waals surface area (Å²) < 4.78 is 0. The molecule has 1 unspecified atom stereocenters. The van der Waals surface area contributed by atoms with Crippen molar-refractivity contribution in [3.63, 3.8) is 0 Å². The number of fused-ring (bicyclic) bond motifs is 1. The number of hydrogen-bond acceptors (Lipinski definition) is 5. The van der Waals surface area contributed by atoms with Crippen molar-refractivity contribution >= 4 is 28.2 Å². The Bertz CT molecular complexity index is 351. The minimum atomic E-state index is 0.226. The third-order valence-electron chi connectivity index (χ3n) is 2.94. The van der Waals surface area contributed by atoms with E-state index < -0.39 is 0 Å². The average molecular weight is 257 g/mol. The molecule has 90 valence electrons. The maximum absolute atomic E-state index is 6.11. The summed E-state index contributed by atoms with van der Waals surface area (Å²) >= 11 is 3.65. The van der Waals surface area contributed by atoms with E-state index in [1.165, 1.54) is 17.0 Å². The van der Waals surface area contributed by atoms with Crippen LogP contribution in [0.25, 0.3) is 0 Å². The normalized spacial score (nSPS) is 19.6. The minimum absolute atomic E-state index is 0.226. The molecule has 2 N–H and O–H groups in total. The van der Waals surface area contributed by atoms with Crippen LogP contribution >= 0.6 is 23.1 Å². The van der Waals surface area contributed by atoms with Crippen molar-refractivity contribution in [2.24, 2.45) is 5.73 Å². The van der Waals surface area contributed by atoms with E-state index in [2.05, 4.69) is 18.2 Å². The molecular formula is C11H19N3S2. The van der Waals surface area contributed by atoms with E-state index in [1.807, 2.05) is 11.8 Å². The quantitative estimate of drug-likeness (QED) is 0.898. The molecule has 1 heterocycles. The summed E-state index contributed by atoms with van der Waals surface area (Å²) in [6, 6.07) is 0.226. The molecule has 0 amide bonds. The third-order valence-corrected chi connectivity index (χ3v) is 4.87. The molecule has 0 bridgehead atoms. The highest BCUT2D eigenvalue weighted by Crippen LogP contribution is 2.35. The van der Waals surface area contributed by atoms with Gasteiger partial charge in [-0.1, -0.05) is 0 Å². The van der Waals surface area contributed by atoms with Crippen LogP contribution in [0.15, 0.2) is 0 Å². The maximum Gasteiger partial charge on any atom is 0.185 e. The maximum atomic E-state index is 6.11. The molecule has 0 spiro atoms. The zero-order chi connectivity index (χ0) is 11.5. The Morgan fingerprint density at radius 3 is 3.12 bits per heavy atom. The van der Waals surface area contributed by atoms with Gasteiger partial charge in [0.25, 0.3) is 0 Å². The van der Waals surface area contributed by atoms with Crippen LogP contribution in [0.2, 0.25) is 0 Å². The Labute approximate surface area is 105 Å². The standard InChI is InChI=1S/C11H19N3S2/c1-14(6-7-15-2)11-13-9-5-3-4-8(12)10(9)16-11/h8H,3-7,12H2,1-2H3. The van der Waals surface area contributed by atoms with E-state index in [4.69, 9.17) is 10.7 Å². The van der Waals surface area contributed by atoms with Gasteiger partial charge in [0.1, 0.15) is 0 Å². The Morgan fingerprint density at radius 2 is 2.44 bits per heavy atom. The largest absolute Gasteiger partial charge is 0.350 e. The first-order chi connectivity index (χ1) is 7.72. The van der Waals surface area contributed by atoms with Crippen LogP contribution in [0, 0.1) is 0 Å². The molecule has 0 saturated carbocycles. The molecule has 1 aliphatic rings. The van der Waals surface area contributed by atoms with Crippen LogP contribution in [0.3, 0.4) is 0 Å². The van der Waals surface area contributed by atoms with Crippen molar-refractivity contribution < 1.29 is 0 Å². The Hall–Kier alpha value is -0.260. The van der Waals surface area contributed by atoms with E-state index in [0.29, 0.717) is 0 Å². The Kier molecular flexibility index (Phi) is 4.10. The lowest BCUT2D eigenvalue weighted by atomic mass is 9.99. The molecule has 0 saturated heterocycles.